The zero-order chi connectivity index (χ0) is 15.3. The number of fused-ring (bicyclic) bond motifs is 2. The van der Waals surface area contributed by atoms with Crippen molar-refractivity contribution in [1.82, 2.24) is 14.4 Å². The minimum absolute atomic E-state index is 0.145. The second kappa shape index (κ2) is 5.36. The van der Waals surface area contributed by atoms with Crippen LogP contribution in [0.5, 0.6) is 0 Å². The van der Waals surface area contributed by atoms with Crippen LogP contribution in [0, 0.1) is 5.82 Å². The molecule has 0 aliphatic carbocycles. The highest BCUT2D eigenvalue weighted by Gasteiger charge is 2.34. The Balaban J connectivity index is 1.61. The number of halogens is 1. The number of nitrogens with zero attached hydrogens (tertiary/aromatic N) is 3. The van der Waals surface area contributed by atoms with Crippen LogP contribution in [0.2, 0.25) is 0 Å². The molecule has 2 aliphatic rings. The number of piperazine rings is 1. The second-order valence-electron chi connectivity index (χ2n) is 7.00. The highest BCUT2D eigenvalue weighted by molar-refractivity contribution is 5.84. The predicted molar refractivity (Wildman–Crippen MR) is 87.3 cm³/mol. The Labute approximate surface area is 131 Å². The van der Waals surface area contributed by atoms with E-state index in [0.717, 1.165) is 30.0 Å². The molecule has 3 heterocycles. The molecule has 0 amide bonds. The molecule has 0 radical (unpaired) electrons. The van der Waals surface area contributed by atoms with Gasteiger partial charge in [-0.05, 0) is 50.1 Å². The van der Waals surface area contributed by atoms with Crippen molar-refractivity contribution < 1.29 is 4.39 Å². The van der Waals surface area contributed by atoms with E-state index in [-0.39, 0.29) is 5.82 Å². The SMILES string of the molecule is C[C@@H]1CN2CCCC2CN1Cc1cn(C)c2ccc(F)cc12. The molecule has 0 saturated carbocycles. The number of hydrogen-bond acceptors (Lipinski definition) is 2. The van der Waals surface area contributed by atoms with E-state index in [1.54, 1.807) is 12.1 Å². The summed E-state index contributed by atoms with van der Waals surface area (Å²) in [5, 5.41) is 1.06. The molecule has 2 atom stereocenters. The van der Waals surface area contributed by atoms with Crippen LogP contribution < -0.4 is 0 Å². The first-order valence-electron chi connectivity index (χ1n) is 8.33. The number of aryl methyl sites for hydroxylation is 1. The Morgan fingerprint density at radius 2 is 2.14 bits per heavy atom. The number of benzene rings is 1. The maximum absolute atomic E-state index is 13.6. The largest absolute Gasteiger partial charge is 0.350 e. The van der Waals surface area contributed by atoms with Crippen LogP contribution in [0.3, 0.4) is 0 Å². The third-order valence-corrected chi connectivity index (χ3v) is 5.47. The van der Waals surface area contributed by atoms with Crippen molar-refractivity contribution in [2.75, 3.05) is 19.6 Å². The molecule has 118 valence electrons. The van der Waals surface area contributed by atoms with Crippen LogP contribution in [0.25, 0.3) is 10.9 Å². The molecule has 2 aromatic rings. The molecule has 0 N–H and O–H groups in total. The Hall–Kier alpha value is -1.39. The van der Waals surface area contributed by atoms with E-state index in [0.29, 0.717) is 6.04 Å². The maximum Gasteiger partial charge on any atom is 0.123 e. The van der Waals surface area contributed by atoms with Gasteiger partial charge in [-0.1, -0.05) is 0 Å². The Bertz CT molecular complexity index is 693. The quantitative estimate of drug-likeness (QED) is 0.845. The predicted octanol–water partition coefficient (Wildman–Crippen LogP) is 2.99. The van der Waals surface area contributed by atoms with E-state index in [1.807, 2.05) is 13.1 Å². The molecule has 2 saturated heterocycles. The van der Waals surface area contributed by atoms with Crippen molar-refractivity contribution in [3.8, 4) is 0 Å². The Morgan fingerprint density at radius 1 is 1.27 bits per heavy atom. The molecule has 2 aliphatic heterocycles. The van der Waals surface area contributed by atoms with Gasteiger partial charge in [0.15, 0.2) is 0 Å². The number of hydrogen-bond donors (Lipinski definition) is 0. The van der Waals surface area contributed by atoms with Crippen LogP contribution in [-0.2, 0) is 13.6 Å². The summed E-state index contributed by atoms with van der Waals surface area (Å²) in [5.74, 6) is -0.145. The van der Waals surface area contributed by atoms with Gasteiger partial charge in [0.05, 0.1) is 0 Å². The fourth-order valence-electron chi connectivity index (χ4n) is 4.26. The average Bonchev–Trinajstić information content (AvgIpc) is 3.04. The van der Waals surface area contributed by atoms with Crippen molar-refractivity contribution >= 4 is 10.9 Å². The van der Waals surface area contributed by atoms with Gasteiger partial charge in [0.2, 0.25) is 0 Å². The van der Waals surface area contributed by atoms with Gasteiger partial charge >= 0.3 is 0 Å². The third kappa shape index (κ3) is 2.34. The molecule has 1 aromatic carbocycles. The number of aromatic nitrogens is 1. The molecule has 0 spiro atoms. The van der Waals surface area contributed by atoms with Gasteiger partial charge in [-0.15, -0.1) is 0 Å². The Kier molecular flexibility index (Phi) is 3.46. The molecule has 22 heavy (non-hydrogen) atoms. The van der Waals surface area contributed by atoms with E-state index < -0.39 is 0 Å². The summed E-state index contributed by atoms with van der Waals surface area (Å²) in [6.45, 7) is 6.82. The van der Waals surface area contributed by atoms with E-state index in [2.05, 4.69) is 27.5 Å². The van der Waals surface area contributed by atoms with Crippen LogP contribution in [-0.4, -0.2) is 46.1 Å². The minimum atomic E-state index is -0.145. The van der Waals surface area contributed by atoms with E-state index in [1.165, 1.54) is 31.5 Å². The molecule has 1 aromatic heterocycles. The summed E-state index contributed by atoms with van der Waals surface area (Å²) in [6, 6.07) is 6.40. The van der Waals surface area contributed by atoms with Gasteiger partial charge in [-0.3, -0.25) is 9.80 Å². The Morgan fingerprint density at radius 3 is 3.00 bits per heavy atom. The lowest BCUT2D eigenvalue weighted by molar-refractivity contribution is 0.0543. The lowest BCUT2D eigenvalue weighted by atomic mass is 10.1. The normalized spacial score (nSPS) is 26.7. The van der Waals surface area contributed by atoms with Crippen molar-refractivity contribution in [2.45, 2.75) is 38.4 Å². The monoisotopic (exact) mass is 301 g/mol. The lowest BCUT2D eigenvalue weighted by Gasteiger charge is -2.42. The summed E-state index contributed by atoms with van der Waals surface area (Å²) in [7, 11) is 2.04. The fraction of sp³-hybridized carbons (Fsp3) is 0.556. The summed E-state index contributed by atoms with van der Waals surface area (Å²) in [5.41, 5.74) is 2.36. The molecule has 3 nitrogen and oxygen atoms in total. The summed E-state index contributed by atoms with van der Waals surface area (Å²) >= 11 is 0. The van der Waals surface area contributed by atoms with Crippen molar-refractivity contribution in [2.24, 2.45) is 7.05 Å². The van der Waals surface area contributed by atoms with Gasteiger partial charge in [0, 0.05) is 55.9 Å². The molecule has 4 heteroatoms. The minimum Gasteiger partial charge on any atom is -0.350 e. The standard InChI is InChI=1S/C18H24FN3/c1-13-9-21-7-3-4-16(21)12-22(13)11-14-10-20(2)18-6-5-15(19)8-17(14)18/h5-6,8,10,13,16H,3-4,7,9,11-12H2,1-2H3/t13-,16?/m1/s1. The second-order valence-corrected chi connectivity index (χ2v) is 7.00. The van der Waals surface area contributed by atoms with Crippen LogP contribution in [0.15, 0.2) is 24.4 Å². The maximum atomic E-state index is 13.6. The third-order valence-electron chi connectivity index (χ3n) is 5.47. The molecular weight excluding hydrogens is 277 g/mol. The highest BCUT2D eigenvalue weighted by atomic mass is 19.1. The van der Waals surface area contributed by atoms with Gasteiger partial charge in [-0.25, -0.2) is 4.39 Å². The first kappa shape index (κ1) is 14.2. The topological polar surface area (TPSA) is 11.4 Å². The van der Waals surface area contributed by atoms with Gasteiger partial charge in [0.25, 0.3) is 0 Å². The molecule has 0 bridgehead atoms. The molecule has 2 fully saturated rings. The smallest absolute Gasteiger partial charge is 0.123 e. The van der Waals surface area contributed by atoms with Gasteiger partial charge in [0.1, 0.15) is 5.82 Å². The zero-order valence-corrected chi connectivity index (χ0v) is 13.4. The van der Waals surface area contributed by atoms with Gasteiger partial charge in [-0.2, -0.15) is 0 Å². The van der Waals surface area contributed by atoms with E-state index >= 15 is 0 Å². The summed E-state index contributed by atoms with van der Waals surface area (Å²) in [6.07, 6.45) is 4.83. The number of rotatable bonds is 2. The fourth-order valence-corrected chi connectivity index (χ4v) is 4.26. The lowest BCUT2D eigenvalue weighted by Crippen LogP contribution is -2.54. The highest BCUT2D eigenvalue weighted by Crippen LogP contribution is 2.28. The molecular formula is C18H24FN3. The van der Waals surface area contributed by atoms with Gasteiger partial charge < -0.3 is 4.57 Å². The van der Waals surface area contributed by atoms with E-state index in [4.69, 9.17) is 0 Å². The summed E-state index contributed by atoms with van der Waals surface area (Å²) < 4.78 is 15.7. The van der Waals surface area contributed by atoms with Crippen molar-refractivity contribution in [3.63, 3.8) is 0 Å². The first-order chi connectivity index (χ1) is 10.6. The molecule has 4 rings (SSSR count). The zero-order valence-electron chi connectivity index (χ0n) is 13.4. The molecule has 1 unspecified atom stereocenters. The van der Waals surface area contributed by atoms with Crippen LogP contribution >= 0.6 is 0 Å². The van der Waals surface area contributed by atoms with E-state index in [9.17, 15) is 4.39 Å². The van der Waals surface area contributed by atoms with Crippen molar-refractivity contribution in [3.05, 3.63) is 35.8 Å². The van der Waals surface area contributed by atoms with Crippen molar-refractivity contribution in [1.29, 1.82) is 0 Å². The van der Waals surface area contributed by atoms with Crippen LogP contribution in [0.1, 0.15) is 25.3 Å². The summed E-state index contributed by atoms with van der Waals surface area (Å²) in [4.78, 5) is 5.22. The van der Waals surface area contributed by atoms with Crippen LogP contribution in [0.4, 0.5) is 4.39 Å². The average molecular weight is 301 g/mol. The first-order valence-corrected chi connectivity index (χ1v) is 8.33.